The van der Waals surface area contributed by atoms with E-state index in [0.717, 1.165) is 75.3 Å². The van der Waals surface area contributed by atoms with E-state index in [0.29, 0.717) is 19.3 Å². The van der Waals surface area contributed by atoms with E-state index >= 15 is 0 Å². The van der Waals surface area contributed by atoms with Gasteiger partial charge in [-0.3, -0.25) is 40.9 Å². The maximum atomic E-state index is 12.7. The zero-order valence-electron chi connectivity index (χ0n) is 32.1. The lowest BCUT2D eigenvalue weighted by atomic mass is 9.97. The summed E-state index contributed by atoms with van der Waals surface area (Å²) in [5.74, 6) is -2.11. The average Bonchev–Trinajstić information content (AvgIpc) is 3.13. The molecular weight excluding hydrogens is 656 g/mol. The van der Waals surface area contributed by atoms with Crippen LogP contribution in [0.25, 0.3) is 0 Å². The van der Waals surface area contributed by atoms with Crippen LogP contribution in [0.4, 0.5) is 0 Å². The van der Waals surface area contributed by atoms with Gasteiger partial charge >= 0.3 is 0 Å². The zero-order chi connectivity index (χ0) is 38.0. The van der Waals surface area contributed by atoms with E-state index in [4.69, 9.17) is 0 Å². The average molecular weight is 723 g/mol. The molecule has 1 unspecified atom stereocenters. The molecule has 4 amide bonds. The summed E-state index contributed by atoms with van der Waals surface area (Å²) in [4.78, 5) is 50.1. The van der Waals surface area contributed by atoms with Crippen molar-refractivity contribution in [2.75, 3.05) is 0 Å². The molecule has 0 radical (unpaired) electrons. The van der Waals surface area contributed by atoms with Crippen LogP contribution in [-0.4, -0.2) is 33.8 Å². The van der Waals surface area contributed by atoms with E-state index in [9.17, 15) is 29.4 Å². The highest BCUT2D eigenvalue weighted by Crippen LogP contribution is 2.22. The van der Waals surface area contributed by atoms with Crippen LogP contribution < -0.4 is 21.7 Å². The minimum Gasteiger partial charge on any atom is -0.507 e. The summed E-state index contributed by atoms with van der Waals surface area (Å²) in [6, 6.07) is 10.1. The molecule has 0 bridgehead atoms. The number of carbonyl (C=O) groups excluding carboxylic acids is 4. The number of hydrazine groups is 2. The smallest absolute Gasteiger partial charge is 0.273 e. The summed E-state index contributed by atoms with van der Waals surface area (Å²) < 4.78 is 0. The minimum atomic E-state index is -0.558. The molecular formula is C42H66N4O6. The number of benzene rings is 2. The van der Waals surface area contributed by atoms with Crippen LogP contribution in [0.1, 0.15) is 181 Å². The lowest BCUT2D eigenvalue weighted by Crippen LogP contribution is -2.44. The van der Waals surface area contributed by atoms with Crippen LogP contribution in [0, 0.1) is 5.92 Å². The van der Waals surface area contributed by atoms with Gasteiger partial charge in [-0.2, -0.15) is 0 Å². The maximum Gasteiger partial charge on any atom is 0.273 e. The summed E-state index contributed by atoms with van der Waals surface area (Å²) in [6.07, 6.45) is 21.7. The Morgan fingerprint density at radius 2 is 0.981 bits per heavy atom. The molecule has 52 heavy (non-hydrogen) atoms. The second kappa shape index (κ2) is 26.7. The van der Waals surface area contributed by atoms with Crippen molar-refractivity contribution < 1.29 is 29.4 Å². The SMILES string of the molecule is CCCCCCCCc1ccc(C(=O)NNC(=O)CCCCCCCC(CC)C(=O)NNC(=O)c2ccc(CCCCCCCC)cc2O)c(O)c1. The van der Waals surface area contributed by atoms with Crippen LogP contribution in [0.15, 0.2) is 36.4 Å². The van der Waals surface area contributed by atoms with E-state index in [2.05, 4.69) is 35.6 Å². The highest BCUT2D eigenvalue weighted by molar-refractivity contribution is 5.98. The van der Waals surface area contributed by atoms with Crippen LogP contribution in [0.3, 0.4) is 0 Å². The van der Waals surface area contributed by atoms with Crippen LogP contribution in [-0.2, 0) is 22.4 Å². The Kier molecular flexibility index (Phi) is 22.6. The molecule has 2 rings (SSSR count). The summed E-state index contributed by atoms with van der Waals surface area (Å²) >= 11 is 0. The Labute approximate surface area is 312 Å². The fourth-order valence-electron chi connectivity index (χ4n) is 6.34. The Bertz CT molecular complexity index is 1360. The molecule has 0 aromatic heterocycles. The Morgan fingerprint density at radius 1 is 0.538 bits per heavy atom. The van der Waals surface area contributed by atoms with Crippen LogP contribution >= 0.6 is 0 Å². The van der Waals surface area contributed by atoms with E-state index in [1.165, 1.54) is 51.4 Å². The molecule has 10 heteroatoms. The standard InChI is InChI=1S/C42H66N4O6/c1-4-7-9-11-14-18-22-32-26-28-35(37(47)30-32)41(51)45-43-39(49)25-21-17-13-16-20-24-34(6-3)40(50)44-46-42(52)36-29-27-33(31-38(36)48)23-19-15-12-10-8-5-2/h26-31,34,47-48H,4-25H2,1-3H3,(H,43,49)(H,44,50)(H,45,51)(H,46,52). The molecule has 0 spiro atoms. The molecule has 1 atom stereocenters. The van der Waals surface area contributed by atoms with Gasteiger partial charge in [0.2, 0.25) is 11.8 Å². The van der Waals surface area contributed by atoms with Gasteiger partial charge in [0.15, 0.2) is 0 Å². The number of nitrogens with one attached hydrogen (secondary N) is 4. The van der Waals surface area contributed by atoms with E-state index in [1.807, 2.05) is 19.1 Å². The molecule has 0 heterocycles. The number of rotatable bonds is 26. The van der Waals surface area contributed by atoms with E-state index in [-0.39, 0.29) is 46.8 Å². The molecule has 0 aliphatic heterocycles. The second-order valence-electron chi connectivity index (χ2n) is 14.1. The second-order valence-corrected chi connectivity index (χ2v) is 14.1. The van der Waals surface area contributed by atoms with Crippen LogP contribution in [0.2, 0.25) is 0 Å². The molecule has 0 fully saturated rings. The van der Waals surface area contributed by atoms with Gasteiger partial charge in [-0.05, 0) is 80.3 Å². The van der Waals surface area contributed by atoms with Gasteiger partial charge < -0.3 is 10.2 Å². The Morgan fingerprint density at radius 3 is 1.46 bits per heavy atom. The number of aromatic hydroxyl groups is 2. The molecule has 0 saturated carbocycles. The Hall–Kier alpha value is -4.08. The quantitative estimate of drug-likeness (QED) is 0.0421. The number of unbranched alkanes of at least 4 members (excludes halogenated alkanes) is 14. The van der Waals surface area contributed by atoms with Gasteiger partial charge in [0, 0.05) is 12.3 Å². The first-order valence-electron chi connectivity index (χ1n) is 20.0. The molecule has 0 aliphatic rings. The minimum absolute atomic E-state index is 0.0933. The third-order valence-electron chi connectivity index (χ3n) is 9.69. The van der Waals surface area contributed by atoms with E-state index in [1.54, 1.807) is 24.3 Å². The van der Waals surface area contributed by atoms with E-state index < -0.39 is 11.8 Å². The maximum absolute atomic E-state index is 12.7. The normalized spacial score (nSPS) is 11.5. The molecule has 6 N–H and O–H groups in total. The van der Waals surface area contributed by atoms with Gasteiger partial charge in [0.1, 0.15) is 11.5 Å². The van der Waals surface area contributed by atoms with Crippen molar-refractivity contribution in [2.45, 2.75) is 162 Å². The number of carbonyl (C=O) groups is 4. The predicted molar refractivity (Wildman–Crippen MR) is 208 cm³/mol. The first-order chi connectivity index (χ1) is 25.2. The lowest BCUT2D eigenvalue weighted by molar-refractivity contribution is -0.126. The Balaban J connectivity index is 1.58. The topological polar surface area (TPSA) is 157 Å². The fraction of sp³-hybridized carbons (Fsp3) is 0.619. The van der Waals surface area contributed by atoms with Crippen molar-refractivity contribution in [3.63, 3.8) is 0 Å². The van der Waals surface area contributed by atoms with Crippen molar-refractivity contribution in [1.82, 2.24) is 21.7 Å². The summed E-state index contributed by atoms with van der Waals surface area (Å²) in [5, 5.41) is 20.8. The number of hydrogen-bond donors (Lipinski definition) is 6. The number of amides is 4. The number of phenols is 2. The predicted octanol–water partition coefficient (Wildman–Crippen LogP) is 8.88. The molecule has 2 aromatic rings. The van der Waals surface area contributed by atoms with Crippen molar-refractivity contribution in [2.24, 2.45) is 5.92 Å². The highest BCUT2D eigenvalue weighted by Gasteiger charge is 2.18. The summed E-state index contributed by atoms with van der Waals surface area (Å²) in [6.45, 7) is 6.33. The molecule has 0 saturated heterocycles. The van der Waals surface area contributed by atoms with Crippen molar-refractivity contribution in [1.29, 1.82) is 0 Å². The van der Waals surface area contributed by atoms with Crippen molar-refractivity contribution in [3.8, 4) is 11.5 Å². The largest absolute Gasteiger partial charge is 0.507 e. The lowest BCUT2D eigenvalue weighted by Gasteiger charge is -2.16. The van der Waals surface area contributed by atoms with Gasteiger partial charge in [0.05, 0.1) is 11.1 Å². The monoisotopic (exact) mass is 722 g/mol. The molecule has 0 aliphatic carbocycles. The molecule has 290 valence electrons. The molecule has 2 aromatic carbocycles. The molecule has 10 nitrogen and oxygen atoms in total. The summed E-state index contributed by atoms with van der Waals surface area (Å²) in [7, 11) is 0. The fourth-order valence-corrected chi connectivity index (χ4v) is 6.34. The number of aryl methyl sites for hydroxylation is 2. The summed E-state index contributed by atoms with van der Waals surface area (Å²) in [5.41, 5.74) is 12.0. The van der Waals surface area contributed by atoms with Crippen molar-refractivity contribution >= 4 is 23.6 Å². The van der Waals surface area contributed by atoms with Gasteiger partial charge in [-0.1, -0.05) is 123 Å². The van der Waals surface area contributed by atoms with Gasteiger partial charge in [-0.15, -0.1) is 0 Å². The third kappa shape index (κ3) is 17.9. The number of hydrogen-bond acceptors (Lipinski definition) is 6. The van der Waals surface area contributed by atoms with Gasteiger partial charge in [0.25, 0.3) is 11.8 Å². The number of phenolic OH excluding ortho intramolecular Hbond substituents is 2. The zero-order valence-corrected chi connectivity index (χ0v) is 32.1. The van der Waals surface area contributed by atoms with Crippen molar-refractivity contribution in [3.05, 3.63) is 58.7 Å². The van der Waals surface area contributed by atoms with Gasteiger partial charge in [-0.25, -0.2) is 0 Å². The first kappa shape index (κ1) is 44.1. The van der Waals surface area contributed by atoms with Crippen LogP contribution in [0.5, 0.6) is 11.5 Å². The third-order valence-corrected chi connectivity index (χ3v) is 9.69. The highest BCUT2D eigenvalue weighted by atomic mass is 16.3. The first-order valence-corrected chi connectivity index (χ1v) is 20.0.